The maximum atomic E-state index is 9.15. The van der Waals surface area contributed by atoms with Crippen LogP contribution in [0.5, 0.6) is 0 Å². The standard InChI is InChI=1S/C15H23NO/c1-13-6-5-9-16(10-11-17)15(13)12-14-7-3-2-4-8-14/h2-4,7-8,13,15,17H,5-6,9-12H2,1H3/t13-,15-/m0/s1. The second-order valence-electron chi connectivity index (χ2n) is 5.14. The molecule has 0 bridgehead atoms. The Bertz CT molecular complexity index is 323. The summed E-state index contributed by atoms with van der Waals surface area (Å²) in [5, 5.41) is 9.15. The lowest BCUT2D eigenvalue weighted by Crippen LogP contribution is -2.46. The van der Waals surface area contributed by atoms with Gasteiger partial charge in [-0.15, -0.1) is 0 Å². The number of likely N-dealkylation sites (tertiary alicyclic amines) is 1. The molecular weight excluding hydrogens is 210 g/mol. The van der Waals surface area contributed by atoms with Gasteiger partial charge in [-0.2, -0.15) is 0 Å². The first kappa shape index (κ1) is 12.6. The summed E-state index contributed by atoms with van der Waals surface area (Å²) in [6.07, 6.45) is 3.70. The molecule has 1 aliphatic heterocycles. The van der Waals surface area contributed by atoms with Gasteiger partial charge in [0.15, 0.2) is 0 Å². The molecule has 2 rings (SSSR count). The van der Waals surface area contributed by atoms with Crippen LogP contribution in [-0.4, -0.2) is 35.7 Å². The minimum Gasteiger partial charge on any atom is -0.395 e. The number of aliphatic hydroxyl groups is 1. The summed E-state index contributed by atoms with van der Waals surface area (Å²) >= 11 is 0. The van der Waals surface area contributed by atoms with E-state index in [1.54, 1.807) is 0 Å². The van der Waals surface area contributed by atoms with Gasteiger partial charge in [0.1, 0.15) is 0 Å². The van der Waals surface area contributed by atoms with E-state index >= 15 is 0 Å². The molecular formula is C15H23NO. The van der Waals surface area contributed by atoms with E-state index in [2.05, 4.69) is 42.2 Å². The second kappa shape index (κ2) is 6.18. The molecule has 94 valence electrons. The number of benzene rings is 1. The summed E-state index contributed by atoms with van der Waals surface area (Å²) in [6, 6.07) is 11.3. The average Bonchev–Trinajstić information content (AvgIpc) is 2.35. The number of hydrogen-bond acceptors (Lipinski definition) is 2. The van der Waals surface area contributed by atoms with E-state index in [1.807, 2.05) is 0 Å². The lowest BCUT2D eigenvalue weighted by Gasteiger charge is -2.40. The quantitative estimate of drug-likeness (QED) is 0.862. The van der Waals surface area contributed by atoms with Gasteiger partial charge in [0.2, 0.25) is 0 Å². The monoisotopic (exact) mass is 233 g/mol. The van der Waals surface area contributed by atoms with Gasteiger partial charge in [-0.3, -0.25) is 4.90 Å². The molecule has 1 aliphatic rings. The maximum Gasteiger partial charge on any atom is 0.0558 e. The molecule has 2 heteroatoms. The Labute approximate surface area is 104 Å². The predicted molar refractivity (Wildman–Crippen MR) is 71.0 cm³/mol. The fourth-order valence-electron chi connectivity index (χ4n) is 2.93. The number of hydrogen-bond donors (Lipinski definition) is 1. The molecule has 1 aromatic rings. The van der Waals surface area contributed by atoms with Crippen molar-refractivity contribution in [2.75, 3.05) is 19.7 Å². The highest BCUT2D eigenvalue weighted by Crippen LogP contribution is 2.25. The third kappa shape index (κ3) is 3.30. The van der Waals surface area contributed by atoms with Crippen LogP contribution in [0.2, 0.25) is 0 Å². The molecule has 1 saturated heterocycles. The zero-order valence-electron chi connectivity index (χ0n) is 10.7. The van der Waals surface area contributed by atoms with E-state index in [4.69, 9.17) is 5.11 Å². The highest BCUT2D eigenvalue weighted by Gasteiger charge is 2.27. The van der Waals surface area contributed by atoms with E-state index in [1.165, 1.54) is 18.4 Å². The minimum absolute atomic E-state index is 0.276. The first-order valence-electron chi connectivity index (χ1n) is 6.70. The first-order chi connectivity index (χ1) is 8.31. The van der Waals surface area contributed by atoms with Crippen LogP contribution < -0.4 is 0 Å². The van der Waals surface area contributed by atoms with Crippen LogP contribution in [0, 0.1) is 5.92 Å². The summed E-state index contributed by atoms with van der Waals surface area (Å²) in [5.74, 6) is 0.732. The molecule has 0 amide bonds. The predicted octanol–water partition coefficient (Wildman–Crippen LogP) is 2.32. The Morgan fingerprint density at radius 3 is 2.76 bits per heavy atom. The van der Waals surface area contributed by atoms with Crippen molar-refractivity contribution >= 4 is 0 Å². The topological polar surface area (TPSA) is 23.5 Å². The molecule has 0 unspecified atom stereocenters. The van der Waals surface area contributed by atoms with Gasteiger partial charge in [0.25, 0.3) is 0 Å². The fraction of sp³-hybridized carbons (Fsp3) is 0.600. The third-order valence-corrected chi connectivity index (χ3v) is 3.91. The number of aliphatic hydroxyl groups excluding tert-OH is 1. The van der Waals surface area contributed by atoms with Crippen molar-refractivity contribution in [2.45, 2.75) is 32.2 Å². The first-order valence-corrected chi connectivity index (χ1v) is 6.70. The molecule has 0 radical (unpaired) electrons. The summed E-state index contributed by atoms with van der Waals surface area (Å²) < 4.78 is 0. The van der Waals surface area contributed by atoms with Gasteiger partial charge in [0.05, 0.1) is 6.61 Å². The summed E-state index contributed by atoms with van der Waals surface area (Å²) in [5.41, 5.74) is 1.41. The van der Waals surface area contributed by atoms with Crippen molar-refractivity contribution in [3.63, 3.8) is 0 Å². The van der Waals surface area contributed by atoms with Crippen LogP contribution in [0.1, 0.15) is 25.3 Å². The van der Waals surface area contributed by atoms with E-state index < -0.39 is 0 Å². The lowest BCUT2D eigenvalue weighted by atomic mass is 9.86. The molecule has 1 heterocycles. The molecule has 17 heavy (non-hydrogen) atoms. The van der Waals surface area contributed by atoms with E-state index in [0.717, 1.165) is 25.4 Å². The third-order valence-electron chi connectivity index (χ3n) is 3.91. The van der Waals surface area contributed by atoms with Gasteiger partial charge in [0, 0.05) is 12.6 Å². The Hall–Kier alpha value is -0.860. The van der Waals surface area contributed by atoms with Crippen LogP contribution in [0.3, 0.4) is 0 Å². The van der Waals surface area contributed by atoms with Crippen molar-refractivity contribution in [1.29, 1.82) is 0 Å². The highest BCUT2D eigenvalue weighted by molar-refractivity contribution is 5.16. The van der Waals surface area contributed by atoms with Gasteiger partial charge < -0.3 is 5.11 Å². The average molecular weight is 233 g/mol. The van der Waals surface area contributed by atoms with Crippen molar-refractivity contribution in [1.82, 2.24) is 4.90 Å². The molecule has 0 aromatic heterocycles. The van der Waals surface area contributed by atoms with Gasteiger partial charge >= 0.3 is 0 Å². The van der Waals surface area contributed by atoms with Crippen molar-refractivity contribution in [3.05, 3.63) is 35.9 Å². The number of β-amino-alcohol motifs (C(OH)–C–C–N with tert-alkyl or cyclic N) is 1. The van der Waals surface area contributed by atoms with Crippen LogP contribution >= 0.6 is 0 Å². The Balaban J connectivity index is 2.04. The number of rotatable bonds is 4. The largest absolute Gasteiger partial charge is 0.395 e. The Kier molecular flexibility index (Phi) is 4.57. The van der Waals surface area contributed by atoms with Crippen molar-refractivity contribution < 1.29 is 5.11 Å². The van der Waals surface area contributed by atoms with Gasteiger partial charge in [-0.25, -0.2) is 0 Å². The smallest absolute Gasteiger partial charge is 0.0558 e. The minimum atomic E-state index is 0.276. The molecule has 2 atom stereocenters. The second-order valence-corrected chi connectivity index (χ2v) is 5.14. The van der Waals surface area contributed by atoms with Crippen molar-refractivity contribution in [3.8, 4) is 0 Å². The number of piperidine rings is 1. The molecule has 0 saturated carbocycles. The number of nitrogens with zero attached hydrogens (tertiary/aromatic N) is 1. The highest BCUT2D eigenvalue weighted by atomic mass is 16.3. The lowest BCUT2D eigenvalue weighted by molar-refractivity contribution is 0.0803. The Morgan fingerprint density at radius 2 is 2.06 bits per heavy atom. The van der Waals surface area contributed by atoms with E-state index in [9.17, 15) is 0 Å². The van der Waals surface area contributed by atoms with Gasteiger partial charge in [-0.05, 0) is 37.3 Å². The van der Waals surface area contributed by atoms with E-state index in [0.29, 0.717) is 6.04 Å². The zero-order valence-corrected chi connectivity index (χ0v) is 10.7. The fourth-order valence-corrected chi connectivity index (χ4v) is 2.93. The van der Waals surface area contributed by atoms with Crippen LogP contribution in [0.15, 0.2) is 30.3 Å². The zero-order chi connectivity index (χ0) is 12.1. The molecule has 1 N–H and O–H groups in total. The molecule has 0 aliphatic carbocycles. The summed E-state index contributed by atoms with van der Waals surface area (Å²) in [7, 11) is 0. The Morgan fingerprint density at radius 1 is 1.29 bits per heavy atom. The molecule has 2 nitrogen and oxygen atoms in total. The van der Waals surface area contributed by atoms with Crippen molar-refractivity contribution in [2.24, 2.45) is 5.92 Å². The van der Waals surface area contributed by atoms with Gasteiger partial charge in [-0.1, -0.05) is 37.3 Å². The molecule has 1 fully saturated rings. The SMILES string of the molecule is C[C@H]1CCCN(CCO)[C@H]1Cc1ccccc1. The summed E-state index contributed by atoms with van der Waals surface area (Å²) in [6.45, 7) is 4.58. The van der Waals surface area contributed by atoms with Crippen LogP contribution in [-0.2, 0) is 6.42 Å². The van der Waals surface area contributed by atoms with Crippen LogP contribution in [0.4, 0.5) is 0 Å². The summed E-state index contributed by atoms with van der Waals surface area (Å²) in [4.78, 5) is 2.46. The molecule has 1 aromatic carbocycles. The van der Waals surface area contributed by atoms with Crippen LogP contribution in [0.25, 0.3) is 0 Å². The maximum absolute atomic E-state index is 9.15. The molecule has 0 spiro atoms. The van der Waals surface area contributed by atoms with E-state index in [-0.39, 0.29) is 6.61 Å². The normalized spacial score (nSPS) is 26.0.